The molecule has 3 N–H and O–H groups in total. The number of nitrogens with one attached hydrogen (secondary N) is 3. The predicted molar refractivity (Wildman–Crippen MR) is 131 cm³/mol. The highest BCUT2D eigenvalue weighted by Gasteiger charge is 2.39. The summed E-state index contributed by atoms with van der Waals surface area (Å²) in [7, 11) is 3.39. The molecule has 4 heterocycles. The minimum atomic E-state index is -0.282. The van der Waals surface area contributed by atoms with Crippen LogP contribution in [0.2, 0.25) is 0 Å². The van der Waals surface area contributed by atoms with Crippen LogP contribution in [-0.4, -0.2) is 56.4 Å². The van der Waals surface area contributed by atoms with Crippen LogP contribution >= 0.6 is 0 Å². The fourth-order valence-corrected chi connectivity index (χ4v) is 4.31. The van der Waals surface area contributed by atoms with Crippen molar-refractivity contribution in [1.29, 1.82) is 0 Å². The van der Waals surface area contributed by atoms with Crippen LogP contribution < -0.4 is 21.5 Å². The summed E-state index contributed by atoms with van der Waals surface area (Å²) in [5.41, 5.74) is 0.723. The molecular weight excluding hydrogens is 448 g/mol. The fourth-order valence-electron chi connectivity index (χ4n) is 4.31. The summed E-state index contributed by atoms with van der Waals surface area (Å²) < 4.78 is 8.44. The Morgan fingerprint density at radius 3 is 2.80 bits per heavy atom. The number of methoxy groups -OCH3 is 1. The summed E-state index contributed by atoms with van der Waals surface area (Å²) in [4.78, 5) is 35.0. The van der Waals surface area contributed by atoms with Gasteiger partial charge in [0.25, 0.3) is 11.5 Å². The Labute approximate surface area is 201 Å². The molecule has 1 aliphatic rings. The predicted octanol–water partition coefficient (Wildman–Crippen LogP) is 2.21. The van der Waals surface area contributed by atoms with Gasteiger partial charge in [-0.3, -0.25) is 14.2 Å². The van der Waals surface area contributed by atoms with E-state index in [0.717, 1.165) is 6.42 Å². The van der Waals surface area contributed by atoms with Crippen molar-refractivity contribution < 1.29 is 9.53 Å². The third kappa shape index (κ3) is 4.10. The Morgan fingerprint density at radius 1 is 1.23 bits per heavy atom. The molecule has 1 saturated carbocycles. The van der Waals surface area contributed by atoms with Crippen LogP contribution in [0.5, 0.6) is 0 Å². The molecule has 11 heteroatoms. The van der Waals surface area contributed by atoms with Crippen LogP contribution in [0.4, 0.5) is 17.3 Å². The molecule has 0 saturated heterocycles. The van der Waals surface area contributed by atoms with E-state index >= 15 is 0 Å². The second-order valence-electron chi connectivity index (χ2n) is 8.47. The van der Waals surface area contributed by atoms with Crippen molar-refractivity contribution in [1.82, 2.24) is 29.5 Å². The standard InChI is InChI=1S/C24H26N8O3/c1-14-11-17(35-3)21(14)30-23(33)15-13-27-32-20(25-2)12-18(29-22(15)32)28-16-7-6-10-31(24(16)34)19-8-4-5-9-26-19/h4-10,12-14,17,21,25H,11H2,1-3H3,(H,28,29)(H,30,33)/t14?,17-,21-/m1/s1. The van der Waals surface area contributed by atoms with Crippen molar-refractivity contribution in [3.63, 3.8) is 0 Å². The Kier molecular flexibility index (Phi) is 5.91. The highest BCUT2D eigenvalue weighted by molar-refractivity contribution is 6.00. The van der Waals surface area contributed by atoms with E-state index in [0.29, 0.717) is 40.3 Å². The quantitative estimate of drug-likeness (QED) is 0.372. The van der Waals surface area contributed by atoms with Gasteiger partial charge < -0.3 is 20.7 Å². The molecule has 4 aromatic heterocycles. The lowest BCUT2D eigenvalue weighted by Gasteiger charge is -2.42. The van der Waals surface area contributed by atoms with Gasteiger partial charge in [0.2, 0.25) is 0 Å². The van der Waals surface area contributed by atoms with Crippen molar-refractivity contribution in [3.05, 3.63) is 70.9 Å². The maximum absolute atomic E-state index is 13.1. The normalized spacial score (nSPS) is 19.2. The Hall–Kier alpha value is -4.25. The van der Waals surface area contributed by atoms with Crippen LogP contribution in [0, 0.1) is 5.92 Å². The molecule has 5 rings (SSSR count). The number of hydrogen-bond acceptors (Lipinski definition) is 8. The molecule has 3 atom stereocenters. The lowest BCUT2D eigenvalue weighted by molar-refractivity contribution is -0.0277. The smallest absolute Gasteiger partial charge is 0.279 e. The number of aromatic nitrogens is 5. The lowest BCUT2D eigenvalue weighted by Crippen LogP contribution is -2.56. The van der Waals surface area contributed by atoms with Gasteiger partial charge in [-0.15, -0.1) is 0 Å². The first-order valence-electron chi connectivity index (χ1n) is 11.3. The number of fused-ring (bicyclic) bond motifs is 1. The molecule has 180 valence electrons. The van der Waals surface area contributed by atoms with E-state index in [4.69, 9.17) is 4.74 Å². The van der Waals surface area contributed by atoms with Gasteiger partial charge in [-0.1, -0.05) is 13.0 Å². The van der Waals surface area contributed by atoms with Gasteiger partial charge >= 0.3 is 0 Å². The van der Waals surface area contributed by atoms with E-state index in [1.807, 2.05) is 6.07 Å². The average molecular weight is 475 g/mol. The van der Waals surface area contributed by atoms with Crippen molar-refractivity contribution in [3.8, 4) is 5.82 Å². The Morgan fingerprint density at radius 2 is 2.09 bits per heavy atom. The van der Waals surface area contributed by atoms with Crippen LogP contribution in [-0.2, 0) is 4.74 Å². The van der Waals surface area contributed by atoms with Crippen molar-refractivity contribution in [2.75, 3.05) is 24.8 Å². The summed E-state index contributed by atoms with van der Waals surface area (Å²) in [5, 5.41) is 13.5. The second kappa shape index (κ2) is 9.18. The molecular formula is C24H26N8O3. The summed E-state index contributed by atoms with van der Waals surface area (Å²) in [6.45, 7) is 2.08. The first kappa shape index (κ1) is 22.5. The molecule has 1 fully saturated rings. The van der Waals surface area contributed by atoms with E-state index in [1.165, 1.54) is 10.8 Å². The lowest BCUT2D eigenvalue weighted by atomic mass is 9.78. The number of carbonyl (C=O) groups excluding carboxylic acids is 1. The molecule has 11 nitrogen and oxygen atoms in total. The number of carbonyl (C=O) groups is 1. The van der Waals surface area contributed by atoms with E-state index in [9.17, 15) is 9.59 Å². The second-order valence-corrected chi connectivity index (χ2v) is 8.47. The molecule has 0 aliphatic heterocycles. The highest BCUT2D eigenvalue weighted by atomic mass is 16.5. The minimum Gasteiger partial charge on any atom is -0.379 e. The van der Waals surface area contributed by atoms with Crippen LogP contribution in [0.1, 0.15) is 23.7 Å². The largest absolute Gasteiger partial charge is 0.379 e. The zero-order valence-electron chi connectivity index (χ0n) is 19.6. The molecule has 1 amide bonds. The fraction of sp³-hybridized carbons (Fsp3) is 0.292. The zero-order valence-corrected chi connectivity index (χ0v) is 19.6. The van der Waals surface area contributed by atoms with Gasteiger partial charge in [0.15, 0.2) is 5.65 Å². The third-order valence-corrected chi connectivity index (χ3v) is 6.30. The topological polar surface area (TPSA) is 127 Å². The van der Waals surface area contributed by atoms with E-state index in [-0.39, 0.29) is 23.6 Å². The van der Waals surface area contributed by atoms with E-state index in [2.05, 4.69) is 37.9 Å². The van der Waals surface area contributed by atoms with Gasteiger partial charge in [0, 0.05) is 32.6 Å². The molecule has 0 spiro atoms. The van der Waals surface area contributed by atoms with Gasteiger partial charge in [0.1, 0.15) is 28.7 Å². The summed E-state index contributed by atoms with van der Waals surface area (Å²) in [5.74, 6) is 1.55. The minimum absolute atomic E-state index is 0.00630. The summed E-state index contributed by atoms with van der Waals surface area (Å²) in [6, 6.07) is 10.4. The molecule has 0 aromatic carbocycles. The SMILES string of the molecule is CNc1cc(Nc2cccn(-c3ccccn3)c2=O)nc2c(C(=O)N[C@@H]3C(C)C[C@H]3OC)cnn12. The Bertz CT molecular complexity index is 1430. The van der Waals surface area contributed by atoms with Crippen molar-refractivity contribution >= 4 is 28.9 Å². The highest BCUT2D eigenvalue weighted by Crippen LogP contribution is 2.30. The average Bonchev–Trinajstić information content (AvgIpc) is 3.31. The number of anilines is 3. The molecule has 4 aromatic rings. The zero-order chi connectivity index (χ0) is 24.5. The van der Waals surface area contributed by atoms with Crippen molar-refractivity contribution in [2.45, 2.75) is 25.5 Å². The van der Waals surface area contributed by atoms with Gasteiger partial charge in [-0.25, -0.2) is 9.97 Å². The summed E-state index contributed by atoms with van der Waals surface area (Å²) >= 11 is 0. The number of hydrogen-bond donors (Lipinski definition) is 3. The molecule has 1 aliphatic carbocycles. The van der Waals surface area contributed by atoms with Crippen LogP contribution in [0.15, 0.2) is 59.8 Å². The van der Waals surface area contributed by atoms with Crippen LogP contribution in [0.3, 0.4) is 0 Å². The number of pyridine rings is 2. The van der Waals surface area contributed by atoms with Gasteiger partial charge in [0.05, 0.1) is 18.3 Å². The number of nitrogens with zero attached hydrogens (tertiary/aromatic N) is 5. The van der Waals surface area contributed by atoms with E-state index in [1.54, 1.807) is 61.4 Å². The number of amides is 1. The molecule has 0 radical (unpaired) electrons. The molecule has 1 unspecified atom stereocenters. The number of rotatable bonds is 7. The Balaban J connectivity index is 1.48. The summed E-state index contributed by atoms with van der Waals surface area (Å²) in [6.07, 6.45) is 5.67. The van der Waals surface area contributed by atoms with Crippen molar-refractivity contribution in [2.24, 2.45) is 5.92 Å². The van der Waals surface area contributed by atoms with Crippen LogP contribution in [0.25, 0.3) is 11.5 Å². The number of ether oxygens (including phenoxy) is 1. The first-order valence-corrected chi connectivity index (χ1v) is 11.3. The first-order chi connectivity index (χ1) is 17.0. The molecule has 35 heavy (non-hydrogen) atoms. The third-order valence-electron chi connectivity index (χ3n) is 6.30. The van der Waals surface area contributed by atoms with Gasteiger partial charge in [-0.2, -0.15) is 9.61 Å². The van der Waals surface area contributed by atoms with E-state index < -0.39 is 0 Å². The maximum Gasteiger partial charge on any atom is 0.279 e. The monoisotopic (exact) mass is 474 g/mol. The molecule has 0 bridgehead atoms. The van der Waals surface area contributed by atoms with Gasteiger partial charge in [-0.05, 0) is 36.6 Å². The maximum atomic E-state index is 13.1.